The second-order valence-electron chi connectivity index (χ2n) is 6.99. The molecule has 4 rings (SSSR count). The van der Waals surface area contributed by atoms with Crippen molar-refractivity contribution in [2.24, 2.45) is 0 Å². The molecule has 0 atom stereocenters. The van der Waals surface area contributed by atoms with Gasteiger partial charge in [0.15, 0.2) is 0 Å². The van der Waals surface area contributed by atoms with Gasteiger partial charge in [0.05, 0.1) is 12.1 Å². The molecule has 2 heterocycles. The molecule has 8 heteroatoms. The lowest BCUT2D eigenvalue weighted by Crippen LogP contribution is -2.43. The molecule has 3 aromatic rings. The molecule has 0 fully saturated rings. The fraction of sp³-hybridized carbons (Fsp3) is 0.227. The topological polar surface area (TPSA) is 94.3 Å². The van der Waals surface area contributed by atoms with Gasteiger partial charge in [-0.2, -0.15) is 0 Å². The number of thioether (sulfide) groups is 1. The van der Waals surface area contributed by atoms with Crippen molar-refractivity contribution >= 4 is 46.1 Å². The summed E-state index contributed by atoms with van der Waals surface area (Å²) in [6.45, 7) is 0.628. The Morgan fingerprint density at radius 2 is 1.73 bits per heavy atom. The molecule has 0 radical (unpaired) electrons. The van der Waals surface area contributed by atoms with E-state index in [2.05, 4.69) is 15.8 Å². The summed E-state index contributed by atoms with van der Waals surface area (Å²) < 4.78 is 0. The maximum absolute atomic E-state index is 12.6. The van der Waals surface area contributed by atoms with Gasteiger partial charge in [0.2, 0.25) is 17.7 Å². The number of aromatic nitrogens is 1. The van der Waals surface area contributed by atoms with E-state index in [9.17, 15) is 14.4 Å². The highest BCUT2D eigenvalue weighted by Gasteiger charge is 2.23. The Morgan fingerprint density at radius 1 is 0.967 bits per heavy atom. The number of carbonyl (C=O) groups is 3. The molecular weight excluding hydrogens is 400 g/mol. The van der Waals surface area contributed by atoms with Crippen LogP contribution in [0.5, 0.6) is 0 Å². The molecule has 0 bridgehead atoms. The predicted molar refractivity (Wildman–Crippen MR) is 117 cm³/mol. The third kappa shape index (κ3) is 4.49. The lowest BCUT2D eigenvalue weighted by Gasteiger charge is -2.29. The van der Waals surface area contributed by atoms with Gasteiger partial charge in [0.1, 0.15) is 0 Å². The summed E-state index contributed by atoms with van der Waals surface area (Å²) in [6.07, 6.45) is 2.03. The van der Waals surface area contributed by atoms with Crippen LogP contribution >= 0.6 is 11.8 Å². The van der Waals surface area contributed by atoms with Crippen LogP contribution in [0.4, 0.5) is 5.69 Å². The lowest BCUT2D eigenvalue weighted by molar-refractivity contribution is -0.129. The first-order valence-electron chi connectivity index (χ1n) is 9.76. The zero-order valence-electron chi connectivity index (χ0n) is 16.3. The number of nitrogens with zero attached hydrogens (tertiary/aromatic N) is 1. The number of aromatic amines is 1. The minimum atomic E-state index is -0.393. The van der Waals surface area contributed by atoms with Crippen LogP contribution in [-0.2, 0) is 20.8 Å². The first kappa shape index (κ1) is 20.0. The van der Waals surface area contributed by atoms with Crippen molar-refractivity contribution < 1.29 is 14.4 Å². The lowest BCUT2D eigenvalue weighted by atomic mass is 10.1. The first-order chi connectivity index (χ1) is 14.6. The molecule has 1 aliphatic heterocycles. The van der Waals surface area contributed by atoms with Crippen LogP contribution in [0.3, 0.4) is 0 Å². The molecule has 0 saturated heterocycles. The zero-order chi connectivity index (χ0) is 20.9. The Labute approximate surface area is 178 Å². The number of nitrogens with one attached hydrogen (secondary N) is 3. The molecule has 2 aromatic carbocycles. The molecule has 0 unspecified atom stereocenters. The normalized spacial score (nSPS) is 13.0. The van der Waals surface area contributed by atoms with E-state index in [4.69, 9.17) is 0 Å². The number of hydrogen-bond acceptors (Lipinski definition) is 4. The van der Waals surface area contributed by atoms with Crippen LogP contribution in [0.2, 0.25) is 0 Å². The number of para-hydroxylation sites is 2. The second-order valence-corrected chi connectivity index (χ2v) is 8.13. The van der Waals surface area contributed by atoms with Crippen molar-refractivity contribution in [1.82, 2.24) is 15.8 Å². The molecule has 1 aromatic heterocycles. The Bertz CT molecular complexity index is 1090. The minimum Gasteiger partial charge on any atom is -0.361 e. The predicted octanol–water partition coefficient (Wildman–Crippen LogP) is 2.78. The number of H-pyrrole nitrogens is 1. The standard InChI is InChI=1S/C22H22N4O3S/c27-20(9-10-22(29)26-11-12-30-19-8-4-3-7-18(19)26)24-25-21(28)13-15-14-23-17-6-2-1-5-16(15)17/h1-8,14,23H,9-13H2,(H,24,27)(H,25,28). The highest BCUT2D eigenvalue weighted by atomic mass is 32.2. The molecule has 0 spiro atoms. The molecule has 1 aliphatic rings. The Kier molecular flexibility index (Phi) is 6.04. The average Bonchev–Trinajstić information content (AvgIpc) is 3.18. The summed E-state index contributed by atoms with van der Waals surface area (Å²) >= 11 is 1.72. The number of hydrogen-bond donors (Lipinski definition) is 3. The van der Waals surface area contributed by atoms with Gasteiger partial charge < -0.3 is 9.88 Å². The number of benzene rings is 2. The molecule has 0 saturated carbocycles. The first-order valence-corrected chi connectivity index (χ1v) is 10.8. The van der Waals surface area contributed by atoms with Crippen molar-refractivity contribution in [3.05, 3.63) is 60.3 Å². The maximum atomic E-state index is 12.6. The van der Waals surface area contributed by atoms with Crippen molar-refractivity contribution in [1.29, 1.82) is 0 Å². The van der Waals surface area contributed by atoms with E-state index >= 15 is 0 Å². The number of amides is 3. The van der Waals surface area contributed by atoms with Crippen molar-refractivity contribution in [2.45, 2.75) is 24.2 Å². The van der Waals surface area contributed by atoms with Crippen LogP contribution in [0, 0.1) is 0 Å². The van der Waals surface area contributed by atoms with Gasteiger partial charge in [0.25, 0.3) is 0 Å². The fourth-order valence-corrected chi connectivity index (χ4v) is 4.48. The van der Waals surface area contributed by atoms with E-state index in [1.165, 1.54) is 0 Å². The molecule has 154 valence electrons. The smallest absolute Gasteiger partial charge is 0.242 e. The minimum absolute atomic E-state index is 0.0119. The van der Waals surface area contributed by atoms with Gasteiger partial charge in [-0.3, -0.25) is 25.2 Å². The zero-order valence-corrected chi connectivity index (χ0v) is 17.1. The van der Waals surface area contributed by atoms with E-state index in [0.717, 1.165) is 32.8 Å². The molecule has 7 nitrogen and oxygen atoms in total. The van der Waals surface area contributed by atoms with Crippen LogP contribution < -0.4 is 15.8 Å². The van der Waals surface area contributed by atoms with E-state index < -0.39 is 5.91 Å². The van der Waals surface area contributed by atoms with E-state index in [1.54, 1.807) is 22.9 Å². The second kappa shape index (κ2) is 9.04. The SMILES string of the molecule is O=C(CCC(=O)N1CCSc2ccccc21)NNC(=O)Cc1c[nH]c2ccccc12. The van der Waals surface area contributed by atoms with E-state index in [-0.39, 0.29) is 31.1 Å². The van der Waals surface area contributed by atoms with Crippen LogP contribution in [0.25, 0.3) is 10.9 Å². The Hall–Kier alpha value is -3.26. The fourth-order valence-electron chi connectivity index (χ4n) is 3.48. The molecule has 3 N–H and O–H groups in total. The van der Waals surface area contributed by atoms with Gasteiger partial charge in [-0.15, -0.1) is 11.8 Å². The molecule has 0 aliphatic carbocycles. The molecule has 3 amide bonds. The van der Waals surface area contributed by atoms with Crippen LogP contribution in [-0.4, -0.2) is 35.0 Å². The highest BCUT2D eigenvalue weighted by molar-refractivity contribution is 7.99. The number of rotatable bonds is 5. The summed E-state index contributed by atoms with van der Waals surface area (Å²) in [5.74, 6) is 0.0264. The number of carbonyl (C=O) groups excluding carboxylic acids is 3. The van der Waals surface area contributed by atoms with Crippen molar-refractivity contribution in [3.63, 3.8) is 0 Å². The summed E-state index contributed by atoms with van der Waals surface area (Å²) in [4.78, 5) is 42.8. The molecular formula is C22H22N4O3S. The van der Waals surface area contributed by atoms with Crippen LogP contribution in [0.1, 0.15) is 18.4 Å². The number of hydrazine groups is 1. The van der Waals surface area contributed by atoms with Gasteiger partial charge in [0, 0.05) is 47.1 Å². The Balaban J connectivity index is 1.24. The van der Waals surface area contributed by atoms with Gasteiger partial charge >= 0.3 is 0 Å². The quantitative estimate of drug-likeness (QED) is 0.551. The third-order valence-corrected chi connectivity index (χ3v) is 6.01. The van der Waals surface area contributed by atoms with Crippen LogP contribution in [0.15, 0.2) is 59.6 Å². The van der Waals surface area contributed by atoms with Gasteiger partial charge in [-0.1, -0.05) is 30.3 Å². The summed E-state index contributed by atoms with van der Waals surface area (Å²) in [5, 5.41) is 0.976. The van der Waals surface area contributed by atoms with E-state index in [1.807, 2.05) is 48.5 Å². The summed E-state index contributed by atoms with van der Waals surface area (Å²) in [6, 6.07) is 15.5. The van der Waals surface area contributed by atoms with Gasteiger partial charge in [-0.05, 0) is 23.8 Å². The number of fused-ring (bicyclic) bond motifs is 2. The van der Waals surface area contributed by atoms with Crippen molar-refractivity contribution in [2.75, 3.05) is 17.2 Å². The monoisotopic (exact) mass is 422 g/mol. The highest BCUT2D eigenvalue weighted by Crippen LogP contribution is 2.34. The summed E-state index contributed by atoms with van der Waals surface area (Å²) in [7, 11) is 0. The Morgan fingerprint density at radius 3 is 2.63 bits per heavy atom. The maximum Gasteiger partial charge on any atom is 0.242 e. The van der Waals surface area contributed by atoms with E-state index in [0.29, 0.717) is 6.54 Å². The third-order valence-electron chi connectivity index (χ3n) is 4.96. The van der Waals surface area contributed by atoms with Crippen molar-refractivity contribution in [3.8, 4) is 0 Å². The molecule has 30 heavy (non-hydrogen) atoms. The number of anilines is 1. The van der Waals surface area contributed by atoms with Gasteiger partial charge in [-0.25, -0.2) is 0 Å². The summed E-state index contributed by atoms with van der Waals surface area (Å²) in [5.41, 5.74) is 7.53. The average molecular weight is 423 g/mol. The largest absolute Gasteiger partial charge is 0.361 e.